The van der Waals surface area contributed by atoms with Gasteiger partial charge in [0.05, 0.1) is 6.61 Å². The summed E-state index contributed by atoms with van der Waals surface area (Å²) in [5, 5.41) is 16.5. The molecule has 1 aromatic heterocycles. The van der Waals surface area contributed by atoms with Gasteiger partial charge in [-0.2, -0.15) is 5.10 Å². The van der Waals surface area contributed by atoms with Gasteiger partial charge in [0.25, 0.3) is 0 Å². The highest BCUT2D eigenvalue weighted by Crippen LogP contribution is 2.16. The number of rotatable bonds is 4. The van der Waals surface area contributed by atoms with Crippen LogP contribution >= 0.6 is 0 Å². The van der Waals surface area contributed by atoms with Crippen molar-refractivity contribution in [2.75, 3.05) is 25.5 Å². The smallest absolute Gasteiger partial charge is 0.241 e. The lowest BCUT2D eigenvalue weighted by Crippen LogP contribution is -2.44. The number of nitrogens with two attached hydrogens (primary N) is 1. The van der Waals surface area contributed by atoms with Crippen LogP contribution in [-0.2, 0) is 16.1 Å². The molecular formula is C10H16N4O3. The van der Waals surface area contributed by atoms with Crippen LogP contribution in [0.25, 0.3) is 0 Å². The maximum atomic E-state index is 11.6. The molecule has 1 amide bonds. The van der Waals surface area contributed by atoms with Gasteiger partial charge in [-0.15, -0.1) is 0 Å². The summed E-state index contributed by atoms with van der Waals surface area (Å²) in [7, 11) is 0. The fraction of sp³-hybridized carbons (Fsp3) is 0.600. The van der Waals surface area contributed by atoms with Crippen LogP contribution in [0.4, 0.5) is 5.82 Å². The van der Waals surface area contributed by atoms with E-state index in [-0.39, 0.29) is 25.6 Å². The molecule has 0 aromatic carbocycles. The maximum absolute atomic E-state index is 11.6. The van der Waals surface area contributed by atoms with Crippen LogP contribution < -0.4 is 11.1 Å². The minimum absolute atomic E-state index is 0.0914. The molecule has 7 nitrogen and oxygen atoms in total. The molecule has 2 rings (SSSR count). The number of nitrogens with one attached hydrogen (secondary N) is 1. The van der Waals surface area contributed by atoms with Gasteiger partial charge in [-0.05, 0) is 6.07 Å². The number of aliphatic hydroxyl groups is 1. The standard InChI is InChI=1S/C10H16N4O3/c11-8-1-3-14(13-8)5-9(15)12-6-10(16)2-4-17-7-10/h1,3,16H,2,4-7H2,(H2,11,13)(H,12,15). The summed E-state index contributed by atoms with van der Waals surface area (Å²) < 4.78 is 6.52. The molecule has 17 heavy (non-hydrogen) atoms. The summed E-state index contributed by atoms with van der Waals surface area (Å²) in [6.45, 7) is 1.08. The molecule has 1 aliphatic rings. The van der Waals surface area contributed by atoms with Gasteiger partial charge in [0.15, 0.2) is 0 Å². The minimum atomic E-state index is -0.932. The first-order chi connectivity index (χ1) is 8.07. The van der Waals surface area contributed by atoms with Gasteiger partial charge < -0.3 is 20.9 Å². The average Bonchev–Trinajstić information content (AvgIpc) is 2.86. The topological polar surface area (TPSA) is 102 Å². The number of anilines is 1. The lowest BCUT2D eigenvalue weighted by Gasteiger charge is -2.20. The zero-order valence-electron chi connectivity index (χ0n) is 9.43. The summed E-state index contributed by atoms with van der Waals surface area (Å²) >= 11 is 0. The van der Waals surface area contributed by atoms with Crippen molar-refractivity contribution in [2.24, 2.45) is 0 Å². The summed E-state index contributed by atoms with van der Waals surface area (Å²) in [4.78, 5) is 11.6. The zero-order chi connectivity index (χ0) is 12.3. The lowest BCUT2D eigenvalue weighted by atomic mass is 10.0. The molecule has 1 atom stereocenters. The number of carbonyl (C=O) groups excluding carboxylic acids is 1. The normalized spacial score (nSPS) is 23.8. The van der Waals surface area contributed by atoms with Crippen LogP contribution in [-0.4, -0.2) is 46.2 Å². The minimum Gasteiger partial charge on any atom is -0.386 e. The van der Waals surface area contributed by atoms with Crippen molar-refractivity contribution >= 4 is 11.7 Å². The summed E-state index contributed by atoms with van der Waals surface area (Å²) in [6, 6.07) is 1.62. The summed E-state index contributed by atoms with van der Waals surface area (Å²) in [5.41, 5.74) is 4.50. The van der Waals surface area contributed by atoms with E-state index in [0.717, 1.165) is 0 Å². The SMILES string of the molecule is Nc1ccn(CC(=O)NCC2(O)CCOC2)n1. The quantitative estimate of drug-likeness (QED) is 0.609. The molecule has 4 N–H and O–H groups in total. The van der Waals surface area contributed by atoms with Crippen LogP contribution in [0.5, 0.6) is 0 Å². The third-order valence-corrected chi connectivity index (χ3v) is 2.66. The van der Waals surface area contributed by atoms with Crippen molar-refractivity contribution in [3.8, 4) is 0 Å². The first-order valence-electron chi connectivity index (χ1n) is 5.43. The van der Waals surface area contributed by atoms with E-state index in [9.17, 15) is 9.90 Å². The molecule has 0 radical (unpaired) electrons. The Labute approximate surface area is 98.5 Å². The number of aromatic nitrogens is 2. The Morgan fingerprint density at radius 1 is 1.76 bits per heavy atom. The van der Waals surface area contributed by atoms with Gasteiger partial charge >= 0.3 is 0 Å². The highest BCUT2D eigenvalue weighted by atomic mass is 16.5. The number of hydrogen-bond donors (Lipinski definition) is 3. The second-order valence-electron chi connectivity index (χ2n) is 4.24. The molecular weight excluding hydrogens is 224 g/mol. The molecule has 0 aliphatic carbocycles. The highest BCUT2D eigenvalue weighted by molar-refractivity contribution is 5.75. The monoisotopic (exact) mass is 240 g/mol. The van der Waals surface area contributed by atoms with Crippen LogP contribution in [0.1, 0.15) is 6.42 Å². The Balaban J connectivity index is 1.77. The van der Waals surface area contributed by atoms with E-state index in [4.69, 9.17) is 10.5 Å². The predicted octanol–water partition coefficient (Wildman–Crippen LogP) is -1.27. The molecule has 2 heterocycles. The third kappa shape index (κ3) is 3.18. The first-order valence-corrected chi connectivity index (χ1v) is 5.43. The Morgan fingerprint density at radius 2 is 2.59 bits per heavy atom. The number of carbonyl (C=O) groups is 1. The number of hydrogen-bond acceptors (Lipinski definition) is 5. The van der Waals surface area contributed by atoms with Crippen LogP contribution in [0.3, 0.4) is 0 Å². The van der Waals surface area contributed by atoms with Gasteiger partial charge in [0.2, 0.25) is 5.91 Å². The Hall–Kier alpha value is -1.60. The predicted molar refractivity (Wildman–Crippen MR) is 60.0 cm³/mol. The fourth-order valence-electron chi connectivity index (χ4n) is 1.67. The lowest BCUT2D eigenvalue weighted by molar-refractivity contribution is -0.123. The third-order valence-electron chi connectivity index (χ3n) is 2.66. The van der Waals surface area contributed by atoms with Crippen molar-refractivity contribution < 1.29 is 14.6 Å². The van der Waals surface area contributed by atoms with Gasteiger partial charge in [0, 0.05) is 25.8 Å². The second-order valence-corrected chi connectivity index (χ2v) is 4.24. The zero-order valence-corrected chi connectivity index (χ0v) is 9.43. The molecule has 7 heteroatoms. The van der Waals surface area contributed by atoms with E-state index in [1.807, 2.05) is 0 Å². The van der Waals surface area contributed by atoms with Crippen molar-refractivity contribution in [2.45, 2.75) is 18.6 Å². The van der Waals surface area contributed by atoms with E-state index in [1.54, 1.807) is 12.3 Å². The van der Waals surface area contributed by atoms with Gasteiger partial charge in [-0.3, -0.25) is 9.48 Å². The number of nitrogen functional groups attached to an aromatic ring is 1. The highest BCUT2D eigenvalue weighted by Gasteiger charge is 2.32. The first kappa shape index (κ1) is 11.9. The molecule has 1 aromatic rings. The molecule has 0 saturated carbocycles. The summed E-state index contributed by atoms with van der Waals surface area (Å²) in [6.07, 6.45) is 2.17. The van der Waals surface area contributed by atoms with Crippen molar-refractivity contribution in [1.82, 2.24) is 15.1 Å². The number of nitrogens with zero attached hydrogens (tertiary/aromatic N) is 2. The molecule has 1 fully saturated rings. The Kier molecular flexibility index (Phi) is 3.30. The van der Waals surface area contributed by atoms with Gasteiger partial charge in [0.1, 0.15) is 18.0 Å². The molecule has 1 aliphatic heterocycles. The number of amides is 1. The van der Waals surface area contributed by atoms with Crippen molar-refractivity contribution in [3.05, 3.63) is 12.3 Å². The van der Waals surface area contributed by atoms with Crippen LogP contribution in [0, 0.1) is 0 Å². The van der Waals surface area contributed by atoms with Crippen LogP contribution in [0.2, 0.25) is 0 Å². The van der Waals surface area contributed by atoms with Crippen molar-refractivity contribution in [1.29, 1.82) is 0 Å². The maximum Gasteiger partial charge on any atom is 0.241 e. The largest absolute Gasteiger partial charge is 0.386 e. The van der Waals surface area contributed by atoms with Crippen LogP contribution in [0.15, 0.2) is 12.3 Å². The van der Waals surface area contributed by atoms with E-state index >= 15 is 0 Å². The Bertz CT molecular complexity index is 398. The van der Waals surface area contributed by atoms with Gasteiger partial charge in [-0.25, -0.2) is 0 Å². The molecule has 0 bridgehead atoms. The molecule has 1 unspecified atom stereocenters. The molecule has 94 valence electrons. The van der Waals surface area contributed by atoms with Gasteiger partial charge in [-0.1, -0.05) is 0 Å². The second kappa shape index (κ2) is 4.72. The Morgan fingerprint density at radius 3 is 3.18 bits per heavy atom. The average molecular weight is 240 g/mol. The molecule has 1 saturated heterocycles. The van der Waals surface area contributed by atoms with Crippen molar-refractivity contribution in [3.63, 3.8) is 0 Å². The van der Waals surface area contributed by atoms with E-state index < -0.39 is 5.60 Å². The van der Waals surface area contributed by atoms with E-state index in [2.05, 4.69) is 10.4 Å². The summed E-state index contributed by atoms with van der Waals surface area (Å²) in [5.74, 6) is 0.161. The fourth-order valence-corrected chi connectivity index (χ4v) is 1.67. The molecule has 0 spiro atoms. The van der Waals surface area contributed by atoms with E-state index in [0.29, 0.717) is 18.8 Å². The van der Waals surface area contributed by atoms with E-state index in [1.165, 1.54) is 4.68 Å². The number of ether oxygens (including phenoxy) is 1.